The summed E-state index contributed by atoms with van der Waals surface area (Å²) < 4.78 is 5.95. The molecule has 0 radical (unpaired) electrons. The summed E-state index contributed by atoms with van der Waals surface area (Å²) in [7, 11) is 0. The van der Waals surface area contributed by atoms with Crippen LogP contribution in [0.4, 0.5) is 5.69 Å². The molecule has 0 aliphatic heterocycles. The van der Waals surface area contributed by atoms with Crippen molar-refractivity contribution >= 4 is 27.5 Å². The molecule has 2 aromatic rings. The molecule has 0 spiro atoms. The maximum Gasteiger partial charge on any atom is 0.274 e. The maximum atomic E-state index is 12.0. The second kappa shape index (κ2) is 6.29. The standard InChI is InChI=1S/C13H12BrN3O2/c1-2-19-13-10(6-4-8-15-13)17-12(18)9-5-3-7-11(14)16-9/h3-8H,2H2,1H3,(H,17,18). The number of anilines is 1. The summed E-state index contributed by atoms with van der Waals surface area (Å²) in [4.78, 5) is 20.2. The van der Waals surface area contributed by atoms with E-state index >= 15 is 0 Å². The molecule has 0 bridgehead atoms. The fraction of sp³-hybridized carbons (Fsp3) is 0.154. The van der Waals surface area contributed by atoms with Gasteiger partial charge in [-0.25, -0.2) is 9.97 Å². The van der Waals surface area contributed by atoms with Gasteiger partial charge in [-0.15, -0.1) is 0 Å². The average molecular weight is 322 g/mol. The average Bonchev–Trinajstić information content (AvgIpc) is 2.41. The number of halogens is 1. The van der Waals surface area contributed by atoms with Gasteiger partial charge in [0.2, 0.25) is 5.88 Å². The Morgan fingerprint density at radius 3 is 2.95 bits per heavy atom. The van der Waals surface area contributed by atoms with Crippen LogP contribution in [0.1, 0.15) is 17.4 Å². The number of nitrogens with zero attached hydrogens (tertiary/aromatic N) is 2. The van der Waals surface area contributed by atoms with E-state index in [1.54, 1.807) is 36.5 Å². The van der Waals surface area contributed by atoms with Crippen molar-refractivity contribution in [2.24, 2.45) is 0 Å². The summed E-state index contributed by atoms with van der Waals surface area (Å²) in [6.45, 7) is 2.34. The van der Waals surface area contributed by atoms with E-state index in [2.05, 4.69) is 31.2 Å². The van der Waals surface area contributed by atoms with Crippen LogP contribution < -0.4 is 10.1 Å². The van der Waals surface area contributed by atoms with Crippen molar-refractivity contribution < 1.29 is 9.53 Å². The first-order chi connectivity index (χ1) is 9.20. The SMILES string of the molecule is CCOc1ncccc1NC(=O)c1cccc(Br)n1. The largest absolute Gasteiger partial charge is 0.476 e. The molecule has 0 aliphatic carbocycles. The Hall–Kier alpha value is -1.95. The van der Waals surface area contributed by atoms with Crippen molar-refractivity contribution in [3.63, 3.8) is 0 Å². The van der Waals surface area contributed by atoms with E-state index in [9.17, 15) is 4.79 Å². The molecule has 0 saturated heterocycles. The Bertz CT molecular complexity index is 590. The van der Waals surface area contributed by atoms with Crippen LogP contribution in [0.5, 0.6) is 5.88 Å². The summed E-state index contributed by atoms with van der Waals surface area (Å²) in [5, 5.41) is 2.73. The van der Waals surface area contributed by atoms with E-state index in [0.717, 1.165) is 0 Å². The molecule has 1 N–H and O–H groups in total. The molecule has 19 heavy (non-hydrogen) atoms. The third kappa shape index (κ3) is 3.51. The van der Waals surface area contributed by atoms with Crippen LogP contribution in [-0.4, -0.2) is 22.5 Å². The quantitative estimate of drug-likeness (QED) is 0.879. The Morgan fingerprint density at radius 1 is 1.37 bits per heavy atom. The minimum atomic E-state index is -0.310. The van der Waals surface area contributed by atoms with E-state index in [1.165, 1.54) is 0 Å². The topological polar surface area (TPSA) is 64.1 Å². The van der Waals surface area contributed by atoms with Crippen molar-refractivity contribution in [2.45, 2.75) is 6.92 Å². The van der Waals surface area contributed by atoms with Gasteiger partial charge in [0, 0.05) is 6.20 Å². The number of aromatic nitrogens is 2. The van der Waals surface area contributed by atoms with Gasteiger partial charge in [0.05, 0.1) is 6.61 Å². The van der Waals surface area contributed by atoms with Gasteiger partial charge in [0.1, 0.15) is 16.0 Å². The summed E-state index contributed by atoms with van der Waals surface area (Å²) in [5.74, 6) is 0.0867. The number of carbonyl (C=O) groups excluding carboxylic acids is 1. The molecule has 0 atom stereocenters. The molecule has 0 unspecified atom stereocenters. The highest BCUT2D eigenvalue weighted by Crippen LogP contribution is 2.21. The van der Waals surface area contributed by atoms with Crippen LogP contribution in [0.3, 0.4) is 0 Å². The highest BCUT2D eigenvalue weighted by atomic mass is 79.9. The van der Waals surface area contributed by atoms with E-state index in [4.69, 9.17) is 4.74 Å². The lowest BCUT2D eigenvalue weighted by atomic mass is 10.3. The molecule has 1 amide bonds. The molecular formula is C13H12BrN3O2. The number of carbonyl (C=O) groups is 1. The van der Waals surface area contributed by atoms with E-state index in [-0.39, 0.29) is 5.91 Å². The highest BCUT2D eigenvalue weighted by molar-refractivity contribution is 9.10. The summed E-state index contributed by atoms with van der Waals surface area (Å²) in [5.41, 5.74) is 0.844. The lowest BCUT2D eigenvalue weighted by Crippen LogP contribution is -2.15. The zero-order valence-corrected chi connectivity index (χ0v) is 11.8. The van der Waals surface area contributed by atoms with Gasteiger partial charge < -0.3 is 10.1 Å². The minimum absolute atomic E-state index is 0.310. The number of hydrogen-bond acceptors (Lipinski definition) is 4. The van der Waals surface area contributed by atoms with Gasteiger partial charge in [-0.05, 0) is 47.1 Å². The fourth-order valence-corrected chi connectivity index (χ4v) is 1.80. The number of nitrogens with one attached hydrogen (secondary N) is 1. The molecule has 0 fully saturated rings. The normalized spacial score (nSPS) is 10.0. The van der Waals surface area contributed by atoms with Gasteiger partial charge >= 0.3 is 0 Å². The zero-order chi connectivity index (χ0) is 13.7. The molecule has 2 aromatic heterocycles. The van der Waals surface area contributed by atoms with Gasteiger partial charge in [-0.3, -0.25) is 4.79 Å². The predicted octanol–water partition coefficient (Wildman–Crippen LogP) is 2.89. The zero-order valence-electron chi connectivity index (χ0n) is 10.3. The van der Waals surface area contributed by atoms with Gasteiger partial charge in [-0.2, -0.15) is 0 Å². The third-order valence-corrected chi connectivity index (χ3v) is 2.69. The highest BCUT2D eigenvalue weighted by Gasteiger charge is 2.11. The Labute approximate surface area is 119 Å². The van der Waals surface area contributed by atoms with E-state index < -0.39 is 0 Å². The van der Waals surface area contributed by atoms with Crippen LogP contribution >= 0.6 is 15.9 Å². The lowest BCUT2D eigenvalue weighted by Gasteiger charge is -2.09. The van der Waals surface area contributed by atoms with Crippen LogP contribution in [0.15, 0.2) is 41.1 Å². The second-order valence-electron chi connectivity index (χ2n) is 3.59. The Kier molecular flexibility index (Phi) is 4.46. The molecule has 5 nitrogen and oxygen atoms in total. The molecule has 2 rings (SSSR count). The van der Waals surface area contributed by atoms with Crippen LogP contribution in [0.25, 0.3) is 0 Å². The van der Waals surface area contributed by atoms with Crippen molar-refractivity contribution in [3.05, 3.63) is 46.8 Å². The molecule has 0 saturated carbocycles. The molecule has 0 aliphatic rings. The Balaban J connectivity index is 2.19. The molecule has 0 aromatic carbocycles. The smallest absolute Gasteiger partial charge is 0.274 e. The van der Waals surface area contributed by atoms with Crippen molar-refractivity contribution in [3.8, 4) is 5.88 Å². The van der Waals surface area contributed by atoms with Crippen LogP contribution in [0.2, 0.25) is 0 Å². The number of hydrogen-bond donors (Lipinski definition) is 1. The van der Waals surface area contributed by atoms with Crippen molar-refractivity contribution in [2.75, 3.05) is 11.9 Å². The van der Waals surface area contributed by atoms with Gasteiger partial charge in [0.25, 0.3) is 5.91 Å². The minimum Gasteiger partial charge on any atom is -0.476 e. The van der Waals surface area contributed by atoms with Crippen molar-refractivity contribution in [1.82, 2.24) is 9.97 Å². The molecule has 6 heteroatoms. The van der Waals surface area contributed by atoms with Gasteiger partial charge in [0.15, 0.2) is 0 Å². The van der Waals surface area contributed by atoms with Crippen molar-refractivity contribution in [1.29, 1.82) is 0 Å². The first-order valence-electron chi connectivity index (χ1n) is 5.72. The number of pyridine rings is 2. The Morgan fingerprint density at radius 2 is 2.21 bits per heavy atom. The number of ether oxygens (including phenoxy) is 1. The first kappa shape index (κ1) is 13.5. The fourth-order valence-electron chi connectivity index (χ4n) is 1.46. The maximum absolute atomic E-state index is 12.0. The van der Waals surface area contributed by atoms with E-state index in [0.29, 0.717) is 28.5 Å². The lowest BCUT2D eigenvalue weighted by molar-refractivity contribution is 0.102. The number of rotatable bonds is 4. The monoisotopic (exact) mass is 321 g/mol. The van der Waals surface area contributed by atoms with E-state index in [1.807, 2.05) is 6.92 Å². The number of amides is 1. The second-order valence-corrected chi connectivity index (χ2v) is 4.40. The van der Waals surface area contributed by atoms with Crippen LogP contribution in [0, 0.1) is 0 Å². The first-order valence-corrected chi connectivity index (χ1v) is 6.51. The summed E-state index contributed by atoms with van der Waals surface area (Å²) in [6, 6.07) is 8.60. The molecule has 2 heterocycles. The predicted molar refractivity (Wildman–Crippen MR) is 75.3 cm³/mol. The molecular weight excluding hydrogens is 310 g/mol. The summed E-state index contributed by atoms with van der Waals surface area (Å²) in [6.07, 6.45) is 1.61. The molecule has 98 valence electrons. The van der Waals surface area contributed by atoms with Crippen LogP contribution in [-0.2, 0) is 0 Å². The van der Waals surface area contributed by atoms with Gasteiger partial charge in [-0.1, -0.05) is 6.07 Å². The summed E-state index contributed by atoms with van der Waals surface area (Å²) >= 11 is 3.23. The third-order valence-electron chi connectivity index (χ3n) is 2.25.